The van der Waals surface area contributed by atoms with E-state index in [4.69, 9.17) is 16.3 Å². The maximum absolute atomic E-state index is 10.7. The maximum atomic E-state index is 10.7. The van der Waals surface area contributed by atoms with E-state index in [1.165, 1.54) is 7.05 Å². The molecular weight excluding hydrogens is 202 g/mol. The number of amides is 1. The molecule has 0 saturated carbocycles. The molecule has 0 bridgehead atoms. The third-order valence-corrected chi connectivity index (χ3v) is 1.92. The molecule has 1 amide bonds. The molecule has 0 atom stereocenters. The van der Waals surface area contributed by atoms with Gasteiger partial charge in [-0.15, -0.1) is 5.10 Å². The second kappa shape index (κ2) is 4.22. The molecule has 0 fully saturated rings. The lowest BCUT2D eigenvalue weighted by Crippen LogP contribution is -2.24. The largest absolute Gasteiger partial charge is 0.459 e. The molecule has 0 saturated heterocycles. The van der Waals surface area contributed by atoms with Gasteiger partial charge in [-0.3, -0.25) is 4.79 Å². The predicted octanol–water partition coefficient (Wildman–Crippen LogP) is 0.316. The van der Waals surface area contributed by atoms with Crippen molar-refractivity contribution in [2.75, 3.05) is 13.7 Å². The topological polar surface area (TPSA) is 64.1 Å². The van der Waals surface area contributed by atoms with E-state index in [1.54, 1.807) is 0 Å². The minimum absolute atomic E-state index is 0.0674. The molecule has 0 spiro atoms. The first-order valence-electron chi connectivity index (χ1n) is 3.04. The summed E-state index contributed by atoms with van der Waals surface area (Å²) in [7, 11) is 1.53. The Hall–Kier alpha value is -0.880. The van der Waals surface area contributed by atoms with Gasteiger partial charge in [-0.25, -0.2) is 0 Å². The molecule has 5 nitrogen and oxygen atoms in total. The molecule has 0 aliphatic rings. The van der Waals surface area contributed by atoms with E-state index >= 15 is 0 Å². The summed E-state index contributed by atoms with van der Waals surface area (Å²) in [4.78, 5) is 10.7. The van der Waals surface area contributed by atoms with Crippen molar-refractivity contribution in [2.45, 2.75) is 0 Å². The average molecular weight is 208 g/mol. The smallest absolute Gasteiger partial charge is 0.295 e. The zero-order valence-electron chi connectivity index (χ0n) is 6.20. The highest BCUT2D eigenvalue weighted by atomic mass is 35.5. The molecule has 1 aromatic rings. The van der Waals surface area contributed by atoms with E-state index < -0.39 is 0 Å². The lowest BCUT2D eigenvalue weighted by atomic mass is 10.7. The quantitative estimate of drug-likeness (QED) is 0.775. The van der Waals surface area contributed by atoms with Gasteiger partial charge in [0, 0.05) is 7.05 Å². The van der Waals surface area contributed by atoms with E-state index in [0.29, 0.717) is 9.66 Å². The standard InChI is InChI=1S/C5H6ClN3O2S/c1-7-3(10)2-11-5-9-8-4(6)12-5/h2H2,1H3,(H,7,10). The number of carbonyl (C=O) groups is 1. The van der Waals surface area contributed by atoms with E-state index in [1.807, 2.05) is 0 Å². The molecule has 1 rings (SSSR count). The summed E-state index contributed by atoms with van der Waals surface area (Å²) in [6.45, 7) is -0.0674. The number of ether oxygens (including phenoxy) is 1. The SMILES string of the molecule is CNC(=O)COc1nnc(Cl)s1. The number of hydrogen-bond donors (Lipinski definition) is 1. The van der Waals surface area contributed by atoms with Crippen molar-refractivity contribution in [3.8, 4) is 5.19 Å². The lowest BCUT2D eigenvalue weighted by Gasteiger charge is -1.98. The van der Waals surface area contributed by atoms with Crippen LogP contribution in [0.4, 0.5) is 0 Å². The van der Waals surface area contributed by atoms with Gasteiger partial charge in [-0.05, 0) is 22.9 Å². The number of nitrogens with zero attached hydrogens (tertiary/aromatic N) is 2. The summed E-state index contributed by atoms with van der Waals surface area (Å²) >= 11 is 6.56. The number of hydrogen-bond acceptors (Lipinski definition) is 5. The van der Waals surface area contributed by atoms with Crippen LogP contribution in [0.25, 0.3) is 0 Å². The van der Waals surface area contributed by atoms with Crippen LogP contribution >= 0.6 is 22.9 Å². The van der Waals surface area contributed by atoms with Crippen molar-refractivity contribution >= 4 is 28.8 Å². The summed E-state index contributed by atoms with van der Waals surface area (Å²) in [5.41, 5.74) is 0. The molecule has 1 aromatic heterocycles. The fourth-order valence-corrected chi connectivity index (χ4v) is 1.11. The van der Waals surface area contributed by atoms with Gasteiger partial charge in [-0.1, -0.05) is 5.10 Å². The maximum Gasteiger partial charge on any atom is 0.295 e. The van der Waals surface area contributed by atoms with Gasteiger partial charge in [0.25, 0.3) is 11.1 Å². The zero-order chi connectivity index (χ0) is 8.97. The van der Waals surface area contributed by atoms with E-state index in [2.05, 4.69) is 15.5 Å². The van der Waals surface area contributed by atoms with E-state index in [0.717, 1.165) is 11.3 Å². The van der Waals surface area contributed by atoms with Gasteiger partial charge in [0.1, 0.15) is 0 Å². The van der Waals surface area contributed by atoms with Crippen molar-refractivity contribution in [3.05, 3.63) is 4.47 Å². The monoisotopic (exact) mass is 207 g/mol. The van der Waals surface area contributed by atoms with Gasteiger partial charge in [0.05, 0.1) is 0 Å². The van der Waals surface area contributed by atoms with E-state index in [9.17, 15) is 4.79 Å². The summed E-state index contributed by atoms with van der Waals surface area (Å²) < 4.78 is 5.22. The Morgan fingerprint density at radius 3 is 3.00 bits per heavy atom. The number of likely N-dealkylation sites (N-methyl/N-ethyl adjacent to an activating group) is 1. The number of nitrogens with one attached hydrogen (secondary N) is 1. The Morgan fingerprint density at radius 1 is 1.75 bits per heavy atom. The molecule has 0 radical (unpaired) electrons. The zero-order valence-corrected chi connectivity index (χ0v) is 7.78. The van der Waals surface area contributed by atoms with Crippen molar-refractivity contribution in [3.63, 3.8) is 0 Å². The Kier molecular flexibility index (Phi) is 3.24. The summed E-state index contributed by atoms with van der Waals surface area (Å²) in [5.74, 6) is -0.221. The molecule has 1 N–H and O–H groups in total. The van der Waals surface area contributed by atoms with Crippen LogP contribution in [-0.4, -0.2) is 29.8 Å². The van der Waals surface area contributed by atoms with Gasteiger partial charge in [0.15, 0.2) is 6.61 Å². The molecular formula is C5H6ClN3O2S. The highest BCUT2D eigenvalue weighted by Crippen LogP contribution is 2.21. The molecule has 7 heteroatoms. The van der Waals surface area contributed by atoms with Crippen LogP contribution < -0.4 is 10.1 Å². The van der Waals surface area contributed by atoms with Crippen LogP contribution in [0.5, 0.6) is 5.19 Å². The second-order valence-electron chi connectivity index (χ2n) is 1.78. The highest BCUT2D eigenvalue weighted by molar-refractivity contribution is 7.17. The van der Waals surface area contributed by atoms with Crippen LogP contribution in [0.2, 0.25) is 4.47 Å². The lowest BCUT2D eigenvalue weighted by molar-refractivity contribution is -0.122. The molecule has 0 unspecified atom stereocenters. The highest BCUT2D eigenvalue weighted by Gasteiger charge is 2.04. The van der Waals surface area contributed by atoms with Crippen LogP contribution in [0.3, 0.4) is 0 Å². The molecule has 1 heterocycles. The van der Waals surface area contributed by atoms with Crippen molar-refractivity contribution in [2.24, 2.45) is 0 Å². The van der Waals surface area contributed by atoms with Crippen molar-refractivity contribution in [1.82, 2.24) is 15.5 Å². The molecule has 0 aromatic carbocycles. The minimum Gasteiger partial charge on any atom is -0.459 e. The number of aromatic nitrogens is 2. The fraction of sp³-hybridized carbons (Fsp3) is 0.400. The van der Waals surface area contributed by atoms with Gasteiger partial charge in [-0.2, -0.15) is 0 Å². The summed E-state index contributed by atoms with van der Waals surface area (Å²) in [6, 6.07) is 0. The van der Waals surface area contributed by atoms with Gasteiger partial charge < -0.3 is 10.1 Å². The fourth-order valence-electron chi connectivity index (χ4n) is 0.451. The number of rotatable bonds is 3. The van der Waals surface area contributed by atoms with Crippen LogP contribution in [0, 0.1) is 0 Å². The second-order valence-corrected chi connectivity index (χ2v) is 3.30. The Bertz CT molecular complexity index is 277. The number of halogens is 1. The Balaban J connectivity index is 2.38. The summed E-state index contributed by atoms with van der Waals surface area (Å²) in [6.07, 6.45) is 0. The van der Waals surface area contributed by atoms with Crippen molar-refractivity contribution in [1.29, 1.82) is 0 Å². The van der Waals surface area contributed by atoms with Crippen LogP contribution in [0.1, 0.15) is 0 Å². The first kappa shape index (κ1) is 9.21. The predicted molar refractivity (Wildman–Crippen MR) is 44.5 cm³/mol. The third kappa shape index (κ3) is 2.63. The van der Waals surface area contributed by atoms with Crippen LogP contribution in [-0.2, 0) is 4.79 Å². The van der Waals surface area contributed by atoms with Gasteiger partial charge in [0.2, 0.25) is 4.47 Å². The van der Waals surface area contributed by atoms with E-state index in [-0.39, 0.29) is 12.5 Å². The van der Waals surface area contributed by atoms with Crippen LogP contribution in [0.15, 0.2) is 0 Å². The molecule has 0 aliphatic heterocycles. The Morgan fingerprint density at radius 2 is 2.50 bits per heavy atom. The number of carbonyl (C=O) groups excluding carboxylic acids is 1. The minimum atomic E-state index is -0.221. The molecule has 12 heavy (non-hydrogen) atoms. The third-order valence-electron chi connectivity index (χ3n) is 0.987. The van der Waals surface area contributed by atoms with Gasteiger partial charge >= 0.3 is 0 Å². The normalized spacial score (nSPS) is 9.50. The first-order valence-corrected chi connectivity index (χ1v) is 4.24. The molecule has 0 aliphatic carbocycles. The Labute approximate surface area is 77.7 Å². The summed E-state index contributed by atoms with van der Waals surface area (Å²) in [5, 5.41) is 9.75. The first-order chi connectivity index (χ1) is 5.72. The average Bonchev–Trinajstić information content (AvgIpc) is 2.47. The van der Waals surface area contributed by atoms with Crippen molar-refractivity contribution < 1.29 is 9.53 Å². The molecule has 66 valence electrons.